The summed E-state index contributed by atoms with van der Waals surface area (Å²) in [5.41, 5.74) is 1.70. The molecule has 0 aliphatic carbocycles. The lowest BCUT2D eigenvalue weighted by atomic mass is 10.1. The van der Waals surface area contributed by atoms with Gasteiger partial charge >= 0.3 is 0 Å². The molecule has 3 heterocycles. The highest BCUT2D eigenvalue weighted by Crippen LogP contribution is 2.40. The molecule has 0 bridgehead atoms. The number of hydrogen-bond donors (Lipinski definition) is 0. The maximum Gasteiger partial charge on any atom is 0.254 e. The Bertz CT molecular complexity index is 927. The zero-order chi connectivity index (χ0) is 19.1. The summed E-state index contributed by atoms with van der Waals surface area (Å²) < 4.78 is 21.5. The lowest BCUT2D eigenvalue weighted by Crippen LogP contribution is -2.48. The summed E-state index contributed by atoms with van der Waals surface area (Å²) >= 11 is 6.21. The molecule has 0 unspecified atom stereocenters. The number of rotatable bonds is 3. The van der Waals surface area contributed by atoms with E-state index in [1.807, 2.05) is 17.0 Å². The minimum absolute atomic E-state index is 0.0390. The van der Waals surface area contributed by atoms with Gasteiger partial charge in [0.25, 0.3) is 5.91 Å². The first-order valence-corrected chi connectivity index (χ1v) is 9.54. The third kappa shape index (κ3) is 3.21. The number of hydrogen-bond acceptors (Lipinski definition) is 6. The van der Waals surface area contributed by atoms with E-state index in [0.717, 1.165) is 31.1 Å². The zero-order valence-electron chi connectivity index (χ0n) is 15.2. The van der Waals surface area contributed by atoms with Crippen LogP contribution in [0.25, 0.3) is 0 Å². The third-order valence-electron chi connectivity index (χ3n) is 5.18. The standard InChI is InChI=1S/C20H19ClN2O5/c21-15-8-14(9-18-19(15)28-12-27-18)20(24)23-5-3-22(4-6-23)10-13-1-2-16-17(7-13)26-11-25-16/h1-2,7-9H,3-6,10-12H2. The number of carbonyl (C=O) groups excluding carboxylic acids is 1. The van der Waals surface area contributed by atoms with Crippen LogP contribution >= 0.6 is 11.6 Å². The van der Waals surface area contributed by atoms with Crippen LogP contribution in [-0.4, -0.2) is 55.5 Å². The Kier molecular flexibility index (Phi) is 4.41. The molecule has 0 N–H and O–H groups in total. The number of nitrogens with zero attached hydrogens (tertiary/aromatic N) is 2. The monoisotopic (exact) mass is 402 g/mol. The fraction of sp³-hybridized carbons (Fsp3) is 0.350. The van der Waals surface area contributed by atoms with E-state index >= 15 is 0 Å². The fourth-order valence-electron chi connectivity index (χ4n) is 3.68. The van der Waals surface area contributed by atoms with Gasteiger partial charge in [-0.3, -0.25) is 9.69 Å². The predicted molar refractivity (Wildman–Crippen MR) is 101 cm³/mol. The topological polar surface area (TPSA) is 60.5 Å². The van der Waals surface area contributed by atoms with Crippen LogP contribution in [0, 0.1) is 0 Å². The smallest absolute Gasteiger partial charge is 0.254 e. The predicted octanol–water partition coefficient (Wildman–Crippen LogP) is 2.76. The Morgan fingerprint density at radius 1 is 0.893 bits per heavy atom. The van der Waals surface area contributed by atoms with Gasteiger partial charge in [-0.15, -0.1) is 0 Å². The number of amides is 1. The van der Waals surface area contributed by atoms with E-state index in [-0.39, 0.29) is 19.5 Å². The van der Waals surface area contributed by atoms with Crippen LogP contribution < -0.4 is 18.9 Å². The second-order valence-corrected chi connectivity index (χ2v) is 7.36. The fourth-order valence-corrected chi connectivity index (χ4v) is 3.95. The van der Waals surface area contributed by atoms with Crippen molar-refractivity contribution in [3.8, 4) is 23.0 Å². The average molecular weight is 403 g/mol. The normalized spacial score (nSPS) is 17.8. The van der Waals surface area contributed by atoms with Gasteiger partial charge in [-0.1, -0.05) is 17.7 Å². The number of halogens is 1. The van der Waals surface area contributed by atoms with E-state index in [2.05, 4.69) is 11.0 Å². The SMILES string of the molecule is O=C(c1cc(Cl)c2c(c1)OCO2)N1CCN(Cc2ccc3c(c2)OCO3)CC1. The Hall–Kier alpha value is -2.64. The largest absolute Gasteiger partial charge is 0.454 e. The molecule has 0 spiro atoms. The molecule has 2 aromatic carbocycles. The van der Waals surface area contributed by atoms with Gasteiger partial charge in [0.15, 0.2) is 23.0 Å². The van der Waals surface area contributed by atoms with Crippen molar-refractivity contribution in [1.82, 2.24) is 9.80 Å². The molecular formula is C20H19ClN2O5. The van der Waals surface area contributed by atoms with Crippen LogP contribution in [-0.2, 0) is 6.54 Å². The number of piperazine rings is 1. The van der Waals surface area contributed by atoms with Gasteiger partial charge < -0.3 is 23.8 Å². The van der Waals surface area contributed by atoms with Crippen LogP contribution in [0.4, 0.5) is 0 Å². The number of ether oxygens (including phenoxy) is 4. The summed E-state index contributed by atoms with van der Waals surface area (Å²) in [6.45, 7) is 4.16. The minimum Gasteiger partial charge on any atom is -0.454 e. The van der Waals surface area contributed by atoms with E-state index < -0.39 is 0 Å². The highest BCUT2D eigenvalue weighted by molar-refractivity contribution is 6.32. The first-order valence-electron chi connectivity index (χ1n) is 9.17. The van der Waals surface area contributed by atoms with Crippen molar-refractivity contribution in [2.24, 2.45) is 0 Å². The summed E-state index contributed by atoms with van der Waals surface area (Å²) in [6, 6.07) is 9.38. The molecule has 3 aliphatic rings. The maximum absolute atomic E-state index is 12.9. The molecule has 0 aromatic heterocycles. The second-order valence-electron chi connectivity index (χ2n) is 6.95. The Morgan fingerprint density at radius 2 is 1.64 bits per heavy atom. The van der Waals surface area contributed by atoms with Crippen molar-refractivity contribution in [3.05, 3.63) is 46.5 Å². The van der Waals surface area contributed by atoms with Crippen molar-refractivity contribution >= 4 is 17.5 Å². The van der Waals surface area contributed by atoms with Crippen LogP contribution in [0.5, 0.6) is 23.0 Å². The van der Waals surface area contributed by atoms with Crippen LogP contribution in [0.3, 0.4) is 0 Å². The van der Waals surface area contributed by atoms with Gasteiger partial charge in [0, 0.05) is 38.3 Å². The molecule has 28 heavy (non-hydrogen) atoms. The van der Waals surface area contributed by atoms with E-state index in [9.17, 15) is 4.79 Å². The van der Waals surface area contributed by atoms with Gasteiger partial charge in [0.2, 0.25) is 13.6 Å². The van der Waals surface area contributed by atoms with Crippen molar-refractivity contribution in [3.63, 3.8) is 0 Å². The van der Waals surface area contributed by atoms with E-state index in [0.29, 0.717) is 35.2 Å². The van der Waals surface area contributed by atoms with Crippen molar-refractivity contribution in [2.45, 2.75) is 6.54 Å². The molecular weight excluding hydrogens is 384 g/mol. The molecule has 0 atom stereocenters. The molecule has 3 aliphatic heterocycles. The molecule has 1 fully saturated rings. The van der Waals surface area contributed by atoms with E-state index in [1.165, 1.54) is 5.56 Å². The highest BCUT2D eigenvalue weighted by Gasteiger charge is 2.26. The summed E-state index contributed by atoms with van der Waals surface area (Å²) in [5, 5.41) is 0.403. The number of benzene rings is 2. The van der Waals surface area contributed by atoms with E-state index in [4.69, 9.17) is 30.5 Å². The molecule has 1 amide bonds. The third-order valence-corrected chi connectivity index (χ3v) is 5.46. The van der Waals surface area contributed by atoms with Crippen molar-refractivity contribution in [1.29, 1.82) is 0 Å². The molecule has 0 radical (unpaired) electrons. The number of fused-ring (bicyclic) bond motifs is 2. The molecule has 1 saturated heterocycles. The van der Waals surface area contributed by atoms with Crippen molar-refractivity contribution < 1.29 is 23.7 Å². The van der Waals surface area contributed by atoms with Gasteiger partial charge in [0.05, 0.1) is 5.02 Å². The molecule has 2 aromatic rings. The first-order chi connectivity index (χ1) is 13.7. The van der Waals surface area contributed by atoms with Crippen LogP contribution in [0.2, 0.25) is 5.02 Å². The Balaban J connectivity index is 1.21. The minimum atomic E-state index is -0.0390. The lowest BCUT2D eigenvalue weighted by molar-refractivity contribution is 0.0628. The average Bonchev–Trinajstić information content (AvgIpc) is 3.37. The maximum atomic E-state index is 12.9. The highest BCUT2D eigenvalue weighted by atomic mass is 35.5. The molecule has 0 saturated carbocycles. The van der Waals surface area contributed by atoms with Gasteiger partial charge in [-0.2, -0.15) is 0 Å². The second kappa shape index (κ2) is 7.07. The summed E-state index contributed by atoms with van der Waals surface area (Å²) in [7, 11) is 0. The van der Waals surface area contributed by atoms with E-state index in [1.54, 1.807) is 12.1 Å². The first kappa shape index (κ1) is 17.5. The Morgan fingerprint density at radius 3 is 2.50 bits per heavy atom. The lowest BCUT2D eigenvalue weighted by Gasteiger charge is -2.34. The molecule has 5 rings (SSSR count). The quantitative estimate of drug-likeness (QED) is 0.786. The molecule has 7 nitrogen and oxygen atoms in total. The Labute approximate surface area is 167 Å². The van der Waals surface area contributed by atoms with Gasteiger partial charge in [-0.25, -0.2) is 0 Å². The summed E-state index contributed by atoms with van der Waals surface area (Å²) in [5.74, 6) is 2.58. The van der Waals surface area contributed by atoms with Gasteiger partial charge in [-0.05, 0) is 29.8 Å². The van der Waals surface area contributed by atoms with Crippen LogP contribution in [0.15, 0.2) is 30.3 Å². The number of carbonyl (C=O) groups is 1. The van der Waals surface area contributed by atoms with Gasteiger partial charge in [0.1, 0.15) is 0 Å². The molecule has 8 heteroatoms. The van der Waals surface area contributed by atoms with Crippen molar-refractivity contribution in [2.75, 3.05) is 39.8 Å². The summed E-state index contributed by atoms with van der Waals surface area (Å²) in [4.78, 5) is 17.0. The van der Waals surface area contributed by atoms with Crippen LogP contribution in [0.1, 0.15) is 15.9 Å². The zero-order valence-corrected chi connectivity index (χ0v) is 15.9. The molecule has 146 valence electrons. The summed E-state index contributed by atoms with van der Waals surface area (Å²) in [6.07, 6.45) is 0.